The summed E-state index contributed by atoms with van der Waals surface area (Å²) in [6.45, 7) is 6.65. The van der Waals surface area contributed by atoms with E-state index in [-0.39, 0.29) is 0 Å². The van der Waals surface area contributed by atoms with Crippen LogP contribution in [0.3, 0.4) is 0 Å². The van der Waals surface area contributed by atoms with E-state index in [1.54, 1.807) is 0 Å². The first-order valence-corrected chi connectivity index (χ1v) is 5.89. The highest BCUT2D eigenvalue weighted by Gasteiger charge is 2.18. The predicted octanol–water partition coefficient (Wildman–Crippen LogP) is 1.48. The zero-order valence-corrected chi connectivity index (χ0v) is 9.62. The summed E-state index contributed by atoms with van der Waals surface area (Å²) in [6.07, 6.45) is 2.66. The van der Waals surface area contributed by atoms with Crippen LogP contribution in [0.2, 0.25) is 0 Å². The Morgan fingerprint density at radius 1 is 1.47 bits per heavy atom. The molecule has 0 saturated carbocycles. The first-order chi connectivity index (χ1) is 7.29. The van der Waals surface area contributed by atoms with Gasteiger partial charge in [0.2, 0.25) is 0 Å². The molecule has 1 atom stereocenters. The summed E-state index contributed by atoms with van der Waals surface area (Å²) in [5.74, 6) is 1.08. The fourth-order valence-corrected chi connectivity index (χ4v) is 2.08. The van der Waals surface area contributed by atoms with Crippen molar-refractivity contribution in [3.63, 3.8) is 0 Å². The Morgan fingerprint density at radius 2 is 2.33 bits per heavy atom. The molecule has 1 aliphatic rings. The van der Waals surface area contributed by atoms with Gasteiger partial charge in [-0.2, -0.15) is 0 Å². The van der Waals surface area contributed by atoms with Crippen LogP contribution in [0.15, 0.2) is 18.2 Å². The van der Waals surface area contributed by atoms with Gasteiger partial charge in [0.1, 0.15) is 18.4 Å². The average molecular weight is 206 g/mol. The Balaban J connectivity index is 2.00. The van der Waals surface area contributed by atoms with E-state index in [4.69, 9.17) is 4.74 Å². The van der Waals surface area contributed by atoms with Gasteiger partial charge in [-0.1, -0.05) is 6.92 Å². The molecule has 2 N–H and O–H groups in total. The lowest BCUT2D eigenvalue weighted by Gasteiger charge is -2.03. The van der Waals surface area contributed by atoms with Crippen molar-refractivity contribution in [3.05, 3.63) is 29.3 Å². The number of benzene rings is 1. The maximum Gasteiger partial charge on any atom is 0.123 e. The van der Waals surface area contributed by atoms with Crippen molar-refractivity contribution < 1.29 is 10.1 Å². The number of quaternary nitrogens is 1. The Bertz CT molecular complexity index is 335. The van der Waals surface area contributed by atoms with Gasteiger partial charge in [0.15, 0.2) is 0 Å². The third-order valence-corrected chi connectivity index (χ3v) is 2.83. The van der Waals surface area contributed by atoms with Crippen LogP contribution >= 0.6 is 0 Å². The second-order valence-corrected chi connectivity index (χ2v) is 4.36. The van der Waals surface area contributed by atoms with Gasteiger partial charge in [0, 0.05) is 12.0 Å². The van der Waals surface area contributed by atoms with Gasteiger partial charge in [-0.3, -0.25) is 0 Å². The lowest BCUT2D eigenvalue weighted by Crippen LogP contribution is -2.82. The first-order valence-electron chi connectivity index (χ1n) is 5.89. The van der Waals surface area contributed by atoms with Gasteiger partial charge in [-0.25, -0.2) is 0 Å². The van der Waals surface area contributed by atoms with Crippen molar-refractivity contribution in [2.24, 2.45) is 0 Å². The van der Waals surface area contributed by atoms with E-state index >= 15 is 0 Å². The molecule has 0 fully saturated rings. The molecule has 0 bridgehead atoms. The summed E-state index contributed by atoms with van der Waals surface area (Å²) in [7, 11) is 0. The second-order valence-electron chi connectivity index (χ2n) is 4.36. The molecular formula is C13H20NO+. The lowest BCUT2D eigenvalue weighted by atomic mass is 10.1. The van der Waals surface area contributed by atoms with Crippen molar-refractivity contribution in [1.29, 1.82) is 0 Å². The maximum absolute atomic E-state index is 5.68. The Morgan fingerprint density at radius 3 is 3.13 bits per heavy atom. The minimum atomic E-state index is 0.356. The number of rotatable bonds is 4. The zero-order chi connectivity index (χ0) is 10.7. The van der Waals surface area contributed by atoms with E-state index in [0.29, 0.717) is 6.10 Å². The highest BCUT2D eigenvalue weighted by Crippen LogP contribution is 2.28. The summed E-state index contributed by atoms with van der Waals surface area (Å²) in [5, 5.41) is 2.36. The average Bonchev–Trinajstić information content (AvgIpc) is 2.57. The van der Waals surface area contributed by atoms with E-state index in [9.17, 15) is 0 Å². The van der Waals surface area contributed by atoms with E-state index in [1.807, 2.05) is 0 Å². The molecular weight excluding hydrogens is 186 g/mol. The van der Waals surface area contributed by atoms with Gasteiger partial charge in [-0.15, -0.1) is 0 Å². The fraction of sp³-hybridized carbons (Fsp3) is 0.538. The largest absolute Gasteiger partial charge is 0.490 e. The molecule has 0 aliphatic carbocycles. The van der Waals surface area contributed by atoms with E-state index in [2.05, 4.69) is 37.4 Å². The molecule has 15 heavy (non-hydrogen) atoms. The maximum atomic E-state index is 5.68. The quantitative estimate of drug-likeness (QED) is 0.742. The SMILES string of the molecule is CCC[NH2+]Cc1ccc2c(c1)C[C@@H](C)O2. The molecule has 2 rings (SSSR count). The number of nitrogens with two attached hydrogens (primary N) is 1. The van der Waals surface area contributed by atoms with Crippen molar-refractivity contribution in [1.82, 2.24) is 0 Å². The van der Waals surface area contributed by atoms with E-state index in [0.717, 1.165) is 18.7 Å². The summed E-state index contributed by atoms with van der Waals surface area (Å²) in [5.41, 5.74) is 2.80. The number of hydrogen-bond acceptors (Lipinski definition) is 1. The monoisotopic (exact) mass is 206 g/mol. The minimum Gasteiger partial charge on any atom is -0.490 e. The smallest absolute Gasteiger partial charge is 0.123 e. The van der Waals surface area contributed by atoms with Gasteiger partial charge < -0.3 is 10.1 Å². The molecule has 1 aliphatic heterocycles. The van der Waals surface area contributed by atoms with Gasteiger partial charge >= 0.3 is 0 Å². The highest BCUT2D eigenvalue weighted by atomic mass is 16.5. The summed E-state index contributed by atoms with van der Waals surface area (Å²) in [6, 6.07) is 6.60. The second kappa shape index (κ2) is 4.67. The molecule has 0 radical (unpaired) electrons. The first kappa shape index (κ1) is 10.5. The van der Waals surface area contributed by atoms with Crippen LogP contribution in [0, 0.1) is 0 Å². The Hall–Kier alpha value is -1.02. The standard InChI is InChI=1S/C13H19NO/c1-3-6-14-9-11-4-5-13-12(8-11)7-10(2)15-13/h4-5,8,10,14H,3,6-7,9H2,1-2H3/p+1/t10-/m1/s1. The molecule has 0 amide bonds. The normalized spacial score (nSPS) is 18.7. The summed E-state index contributed by atoms with van der Waals surface area (Å²) >= 11 is 0. The van der Waals surface area contributed by atoms with Crippen molar-refractivity contribution in [2.75, 3.05) is 6.54 Å². The van der Waals surface area contributed by atoms with E-state index in [1.165, 1.54) is 24.1 Å². The van der Waals surface area contributed by atoms with E-state index < -0.39 is 0 Å². The van der Waals surface area contributed by atoms with Crippen molar-refractivity contribution in [2.45, 2.75) is 39.3 Å². The molecule has 0 aromatic heterocycles. The van der Waals surface area contributed by atoms with Crippen LogP contribution in [0.5, 0.6) is 5.75 Å². The molecule has 2 heteroatoms. The third-order valence-electron chi connectivity index (χ3n) is 2.83. The highest BCUT2D eigenvalue weighted by molar-refractivity contribution is 5.40. The predicted molar refractivity (Wildman–Crippen MR) is 61.0 cm³/mol. The molecule has 2 nitrogen and oxygen atoms in total. The Labute approximate surface area is 91.6 Å². The van der Waals surface area contributed by atoms with Crippen LogP contribution in [0.1, 0.15) is 31.4 Å². The van der Waals surface area contributed by atoms with Crippen LogP contribution < -0.4 is 10.1 Å². The fourth-order valence-electron chi connectivity index (χ4n) is 2.08. The van der Waals surface area contributed by atoms with Crippen LogP contribution in [-0.4, -0.2) is 12.6 Å². The summed E-state index contributed by atoms with van der Waals surface area (Å²) < 4.78 is 5.68. The lowest BCUT2D eigenvalue weighted by molar-refractivity contribution is -0.670. The minimum absolute atomic E-state index is 0.356. The molecule has 82 valence electrons. The molecule has 0 unspecified atom stereocenters. The molecule has 0 saturated heterocycles. The van der Waals surface area contributed by atoms with Gasteiger partial charge in [-0.05, 0) is 37.1 Å². The van der Waals surface area contributed by atoms with Crippen LogP contribution in [0.4, 0.5) is 0 Å². The van der Waals surface area contributed by atoms with Crippen molar-refractivity contribution in [3.8, 4) is 5.75 Å². The Kier molecular flexibility index (Phi) is 3.27. The number of hydrogen-bond donors (Lipinski definition) is 1. The molecule has 1 heterocycles. The number of ether oxygens (including phenoxy) is 1. The van der Waals surface area contributed by atoms with Gasteiger partial charge in [0.05, 0.1) is 6.54 Å². The number of fused-ring (bicyclic) bond motifs is 1. The zero-order valence-electron chi connectivity index (χ0n) is 9.62. The van der Waals surface area contributed by atoms with Crippen LogP contribution in [-0.2, 0) is 13.0 Å². The molecule has 1 aromatic carbocycles. The third kappa shape index (κ3) is 2.51. The molecule has 0 spiro atoms. The molecule has 1 aromatic rings. The van der Waals surface area contributed by atoms with Crippen molar-refractivity contribution >= 4 is 0 Å². The van der Waals surface area contributed by atoms with Crippen LogP contribution in [0.25, 0.3) is 0 Å². The topological polar surface area (TPSA) is 25.8 Å². The van der Waals surface area contributed by atoms with Gasteiger partial charge in [0.25, 0.3) is 0 Å². The summed E-state index contributed by atoms with van der Waals surface area (Å²) in [4.78, 5) is 0.